The number of aromatic nitrogens is 2. The van der Waals surface area contributed by atoms with Gasteiger partial charge in [0.25, 0.3) is 10.0 Å². The molecule has 1 aromatic heterocycles. The van der Waals surface area contributed by atoms with Crippen molar-refractivity contribution in [3.05, 3.63) is 12.3 Å². The third-order valence-corrected chi connectivity index (χ3v) is 5.84. The summed E-state index contributed by atoms with van der Waals surface area (Å²) in [5, 5.41) is 9.95. The van der Waals surface area contributed by atoms with Gasteiger partial charge in [0.05, 0.1) is 6.20 Å². The van der Waals surface area contributed by atoms with Crippen molar-refractivity contribution in [3.63, 3.8) is 0 Å². The number of piperidine rings is 1. The number of rotatable bonds is 6. The molecule has 2 heterocycles. The molecule has 0 amide bonds. The lowest BCUT2D eigenvalue weighted by atomic mass is 9.91. The lowest BCUT2D eigenvalue weighted by Gasteiger charge is -2.34. The maximum absolute atomic E-state index is 12.3. The average molecular weight is 300 g/mol. The summed E-state index contributed by atoms with van der Waals surface area (Å²) in [6, 6.07) is 1.96. The molecular formula is C13H24N4O2S. The second kappa shape index (κ2) is 6.69. The lowest BCUT2D eigenvalue weighted by molar-refractivity contribution is 0.231. The third kappa shape index (κ3) is 3.39. The Morgan fingerprint density at radius 1 is 1.50 bits per heavy atom. The summed E-state index contributed by atoms with van der Waals surface area (Å²) in [4.78, 5) is 0. The zero-order valence-electron chi connectivity index (χ0n) is 12.2. The van der Waals surface area contributed by atoms with Crippen LogP contribution >= 0.6 is 0 Å². The molecule has 1 saturated heterocycles. The van der Waals surface area contributed by atoms with Gasteiger partial charge in [-0.05, 0) is 44.7 Å². The van der Waals surface area contributed by atoms with Crippen molar-refractivity contribution in [2.45, 2.75) is 44.2 Å². The van der Waals surface area contributed by atoms with E-state index in [-0.39, 0.29) is 5.03 Å². The molecule has 0 aliphatic carbocycles. The molecule has 1 aliphatic rings. The van der Waals surface area contributed by atoms with Gasteiger partial charge in [-0.1, -0.05) is 6.92 Å². The topological polar surface area (TPSA) is 78.1 Å². The van der Waals surface area contributed by atoms with E-state index in [0.29, 0.717) is 25.0 Å². The van der Waals surface area contributed by atoms with Crippen LogP contribution in [0.25, 0.3) is 0 Å². The Labute approximate surface area is 121 Å². The normalized spacial score (nSPS) is 20.1. The fourth-order valence-electron chi connectivity index (χ4n) is 2.68. The standard InChI is InChI=1S/C13H24N4O2S/c1-3-7-14-11(2)12-5-9-17(10-6-12)20(18,19)13-4-8-15-16-13/h4,8,11-12,14H,3,5-7,9-10H2,1-2H3,(H,15,16). The molecule has 0 aromatic carbocycles. The second-order valence-corrected chi connectivity index (χ2v) is 7.31. The van der Waals surface area contributed by atoms with Gasteiger partial charge in [-0.2, -0.15) is 9.40 Å². The number of nitrogens with zero attached hydrogens (tertiary/aromatic N) is 2. The van der Waals surface area contributed by atoms with Crippen LogP contribution in [-0.4, -0.2) is 48.6 Å². The molecular weight excluding hydrogens is 276 g/mol. The number of hydrogen-bond acceptors (Lipinski definition) is 4. The van der Waals surface area contributed by atoms with Gasteiger partial charge in [0.2, 0.25) is 0 Å². The number of sulfonamides is 1. The molecule has 114 valence electrons. The molecule has 0 spiro atoms. The van der Waals surface area contributed by atoms with Crippen molar-refractivity contribution in [1.29, 1.82) is 0 Å². The number of nitrogens with one attached hydrogen (secondary N) is 2. The maximum atomic E-state index is 12.3. The third-order valence-electron chi connectivity index (χ3n) is 4.02. The number of hydrogen-bond donors (Lipinski definition) is 2. The van der Waals surface area contributed by atoms with Crippen LogP contribution in [0.1, 0.15) is 33.1 Å². The van der Waals surface area contributed by atoms with Crippen LogP contribution in [0, 0.1) is 5.92 Å². The predicted molar refractivity (Wildman–Crippen MR) is 77.8 cm³/mol. The first-order valence-corrected chi connectivity index (χ1v) is 8.72. The van der Waals surface area contributed by atoms with Crippen molar-refractivity contribution in [3.8, 4) is 0 Å². The molecule has 20 heavy (non-hydrogen) atoms. The first kappa shape index (κ1) is 15.5. The Balaban J connectivity index is 1.91. The minimum absolute atomic E-state index is 0.188. The molecule has 7 heteroatoms. The fourth-order valence-corrected chi connectivity index (χ4v) is 4.05. The van der Waals surface area contributed by atoms with Crippen molar-refractivity contribution in [2.24, 2.45) is 5.92 Å². The van der Waals surface area contributed by atoms with E-state index >= 15 is 0 Å². The summed E-state index contributed by atoms with van der Waals surface area (Å²) >= 11 is 0. The van der Waals surface area contributed by atoms with E-state index in [9.17, 15) is 8.42 Å². The highest BCUT2D eigenvalue weighted by Crippen LogP contribution is 2.24. The van der Waals surface area contributed by atoms with Crippen LogP contribution in [0.5, 0.6) is 0 Å². The summed E-state index contributed by atoms with van der Waals surface area (Å²) in [7, 11) is -3.39. The van der Waals surface area contributed by atoms with Crippen LogP contribution in [0.3, 0.4) is 0 Å². The molecule has 1 fully saturated rings. The number of aromatic amines is 1. The highest BCUT2D eigenvalue weighted by molar-refractivity contribution is 7.89. The SMILES string of the molecule is CCCNC(C)C1CCN(S(=O)(=O)c2ccn[nH]2)CC1. The van der Waals surface area contributed by atoms with Crippen LogP contribution in [0.4, 0.5) is 0 Å². The summed E-state index contributed by atoms with van der Waals surface area (Å²) in [5.74, 6) is 0.551. The second-order valence-electron chi connectivity index (χ2n) is 5.41. The summed E-state index contributed by atoms with van der Waals surface area (Å²) < 4.78 is 26.2. The Morgan fingerprint density at radius 2 is 2.20 bits per heavy atom. The average Bonchev–Trinajstić information content (AvgIpc) is 3.00. The molecule has 2 N–H and O–H groups in total. The molecule has 1 unspecified atom stereocenters. The molecule has 6 nitrogen and oxygen atoms in total. The zero-order chi connectivity index (χ0) is 14.6. The van der Waals surface area contributed by atoms with E-state index in [1.807, 2.05) is 0 Å². The monoisotopic (exact) mass is 300 g/mol. The van der Waals surface area contributed by atoms with Crippen LogP contribution in [0.2, 0.25) is 0 Å². The molecule has 0 saturated carbocycles. The van der Waals surface area contributed by atoms with E-state index in [2.05, 4.69) is 29.4 Å². The van der Waals surface area contributed by atoms with Gasteiger partial charge in [0, 0.05) is 19.1 Å². The van der Waals surface area contributed by atoms with E-state index in [0.717, 1.165) is 25.8 Å². The first-order valence-electron chi connectivity index (χ1n) is 7.28. The minimum atomic E-state index is -3.39. The van der Waals surface area contributed by atoms with Gasteiger partial charge < -0.3 is 5.32 Å². The first-order chi connectivity index (χ1) is 9.55. The van der Waals surface area contributed by atoms with Gasteiger partial charge >= 0.3 is 0 Å². The Kier molecular flexibility index (Phi) is 5.17. The van der Waals surface area contributed by atoms with E-state index in [1.54, 1.807) is 4.31 Å². The summed E-state index contributed by atoms with van der Waals surface area (Å²) in [5.41, 5.74) is 0. The van der Waals surface area contributed by atoms with E-state index in [1.165, 1.54) is 12.3 Å². The molecule has 1 aromatic rings. The fraction of sp³-hybridized carbons (Fsp3) is 0.769. The highest BCUT2D eigenvalue weighted by Gasteiger charge is 2.31. The van der Waals surface area contributed by atoms with Crippen molar-refractivity contribution >= 4 is 10.0 Å². The Bertz CT molecular complexity index is 492. The molecule has 0 radical (unpaired) electrons. The van der Waals surface area contributed by atoms with Gasteiger partial charge in [-0.25, -0.2) is 8.42 Å². The summed E-state index contributed by atoms with van der Waals surface area (Å²) in [6.45, 7) is 6.54. The van der Waals surface area contributed by atoms with Crippen molar-refractivity contribution in [1.82, 2.24) is 19.8 Å². The van der Waals surface area contributed by atoms with E-state index in [4.69, 9.17) is 0 Å². The quantitative estimate of drug-likeness (QED) is 0.827. The number of H-pyrrole nitrogens is 1. The minimum Gasteiger partial charge on any atom is -0.314 e. The van der Waals surface area contributed by atoms with Crippen LogP contribution < -0.4 is 5.32 Å². The molecule has 1 atom stereocenters. The van der Waals surface area contributed by atoms with Crippen molar-refractivity contribution < 1.29 is 8.42 Å². The van der Waals surface area contributed by atoms with Crippen molar-refractivity contribution in [2.75, 3.05) is 19.6 Å². The Hall–Kier alpha value is -0.920. The van der Waals surface area contributed by atoms with Crippen LogP contribution in [0.15, 0.2) is 17.3 Å². The maximum Gasteiger partial charge on any atom is 0.259 e. The van der Waals surface area contributed by atoms with Gasteiger partial charge in [-0.3, -0.25) is 5.10 Å². The molecule has 2 rings (SSSR count). The van der Waals surface area contributed by atoms with Crippen LogP contribution in [-0.2, 0) is 10.0 Å². The summed E-state index contributed by atoms with van der Waals surface area (Å²) in [6.07, 6.45) is 4.41. The van der Waals surface area contributed by atoms with E-state index < -0.39 is 10.0 Å². The Morgan fingerprint density at radius 3 is 2.75 bits per heavy atom. The predicted octanol–water partition coefficient (Wildman–Crippen LogP) is 1.20. The lowest BCUT2D eigenvalue weighted by Crippen LogP contribution is -2.44. The smallest absolute Gasteiger partial charge is 0.259 e. The van der Waals surface area contributed by atoms with Gasteiger partial charge in [0.1, 0.15) is 0 Å². The van der Waals surface area contributed by atoms with Gasteiger partial charge in [0.15, 0.2) is 5.03 Å². The van der Waals surface area contributed by atoms with Gasteiger partial charge in [-0.15, -0.1) is 0 Å². The largest absolute Gasteiger partial charge is 0.314 e. The molecule has 1 aliphatic heterocycles. The highest BCUT2D eigenvalue weighted by atomic mass is 32.2. The zero-order valence-corrected chi connectivity index (χ0v) is 13.0. The molecule has 0 bridgehead atoms.